The van der Waals surface area contributed by atoms with Crippen LogP contribution in [0.25, 0.3) is 0 Å². The maximum absolute atomic E-state index is 13.0. The number of anilines is 1. The predicted molar refractivity (Wildman–Crippen MR) is 74.7 cm³/mol. The Morgan fingerprint density at radius 2 is 2.05 bits per heavy atom. The molecule has 0 radical (unpaired) electrons. The number of carbonyl (C=O) groups excluding carboxylic acids is 1. The first-order valence-electron chi connectivity index (χ1n) is 6.95. The molecule has 0 saturated heterocycles. The van der Waals surface area contributed by atoms with Crippen LogP contribution < -0.4 is 11.1 Å². The molecule has 2 rings (SSSR count). The van der Waals surface area contributed by atoms with Crippen molar-refractivity contribution in [1.29, 1.82) is 0 Å². The quantitative estimate of drug-likeness (QED) is 0.899. The second-order valence-corrected chi connectivity index (χ2v) is 5.72. The van der Waals surface area contributed by atoms with Crippen LogP contribution in [-0.4, -0.2) is 17.6 Å². The zero-order valence-electron chi connectivity index (χ0n) is 11.8. The third-order valence-electron chi connectivity index (χ3n) is 4.20. The van der Waals surface area contributed by atoms with E-state index in [1.807, 2.05) is 19.1 Å². The van der Waals surface area contributed by atoms with E-state index in [1.54, 1.807) is 12.1 Å². The van der Waals surface area contributed by atoms with Gasteiger partial charge in [-0.15, -0.1) is 0 Å². The number of nitrogens with one attached hydrogen (secondary N) is 1. The van der Waals surface area contributed by atoms with Crippen LogP contribution in [0.1, 0.15) is 31.2 Å². The van der Waals surface area contributed by atoms with Crippen molar-refractivity contribution < 1.29 is 18.0 Å². The van der Waals surface area contributed by atoms with Crippen LogP contribution in [0.2, 0.25) is 0 Å². The summed E-state index contributed by atoms with van der Waals surface area (Å²) in [4.78, 5) is 11.9. The molecule has 0 heterocycles. The molecule has 0 spiro atoms. The third-order valence-corrected chi connectivity index (χ3v) is 4.20. The van der Waals surface area contributed by atoms with Crippen LogP contribution in [0.15, 0.2) is 24.3 Å². The largest absolute Gasteiger partial charge is 0.391 e. The second-order valence-electron chi connectivity index (χ2n) is 5.72. The molecule has 2 atom stereocenters. The van der Waals surface area contributed by atoms with E-state index in [9.17, 15) is 18.0 Å². The predicted octanol–water partition coefficient (Wildman–Crippen LogP) is 3.38. The summed E-state index contributed by atoms with van der Waals surface area (Å²) in [7, 11) is 0. The zero-order chi connectivity index (χ0) is 15.7. The van der Waals surface area contributed by atoms with E-state index in [4.69, 9.17) is 5.73 Å². The third kappa shape index (κ3) is 3.31. The molecule has 3 nitrogen and oxygen atoms in total. The Hall–Kier alpha value is -1.72. The molecule has 0 aliphatic heterocycles. The minimum absolute atomic E-state index is 0.0496. The topological polar surface area (TPSA) is 55.1 Å². The van der Waals surface area contributed by atoms with Crippen molar-refractivity contribution in [3.8, 4) is 0 Å². The Bertz CT molecular complexity index is 530. The number of alkyl halides is 3. The summed E-state index contributed by atoms with van der Waals surface area (Å²) in [6, 6.07) is 7.18. The van der Waals surface area contributed by atoms with Crippen LogP contribution in [0.3, 0.4) is 0 Å². The maximum atomic E-state index is 13.0. The van der Waals surface area contributed by atoms with Gasteiger partial charge in [-0.2, -0.15) is 13.2 Å². The molecule has 3 N–H and O–H groups in total. The molecule has 116 valence electrons. The number of carbonyl (C=O) groups is 1. The molecule has 0 bridgehead atoms. The Labute approximate surface area is 121 Å². The van der Waals surface area contributed by atoms with Gasteiger partial charge in [0.25, 0.3) is 0 Å². The molecular formula is C15H19F3N2O. The summed E-state index contributed by atoms with van der Waals surface area (Å²) in [6.07, 6.45) is -3.90. The highest BCUT2D eigenvalue weighted by molar-refractivity contribution is 5.88. The normalized spacial score (nSPS) is 26.4. The van der Waals surface area contributed by atoms with E-state index in [0.717, 1.165) is 5.56 Å². The molecule has 1 aromatic rings. The number of hydrogen-bond donors (Lipinski definition) is 2. The summed E-state index contributed by atoms with van der Waals surface area (Å²) < 4.78 is 39.0. The van der Waals surface area contributed by atoms with Gasteiger partial charge >= 0.3 is 6.18 Å². The Morgan fingerprint density at radius 3 is 2.62 bits per heavy atom. The summed E-state index contributed by atoms with van der Waals surface area (Å²) in [6.45, 7) is 1.83. The van der Waals surface area contributed by atoms with Gasteiger partial charge in [0, 0.05) is 5.69 Å². The minimum Gasteiger partial charge on any atom is -0.371 e. The molecule has 21 heavy (non-hydrogen) atoms. The van der Waals surface area contributed by atoms with E-state index in [2.05, 4.69) is 5.32 Å². The average molecular weight is 300 g/mol. The van der Waals surface area contributed by atoms with Gasteiger partial charge in [-0.05, 0) is 44.2 Å². The number of hydrogen-bond acceptors (Lipinski definition) is 2. The van der Waals surface area contributed by atoms with E-state index in [0.29, 0.717) is 18.5 Å². The van der Waals surface area contributed by atoms with Gasteiger partial charge in [0.15, 0.2) is 0 Å². The van der Waals surface area contributed by atoms with Gasteiger partial charge in [0.2, 0.25) is 5.91 Å². The molecule has 1 aliphatic carbocycles. The maximum Gasteiger partial charge on any atom is 0.391 e. The van der Waals surface area contributed by atoms with Crippen molar-refractivity contribution in [2.75, 3.05) is 5.32 Å². The Morgan fingerprint density at radius 1 is 1.38 bits per heavy atom. The fraction of sp³-hybridized carbons (Fsp3) is 0.533. The average Bonchev–Trinajstić information content (AvgIpc) is 2.40. The minimum atomic E-state index is -4.30. The highest BCUT2D eigenvalue weighted by Crippen LogP contribution is 2.43. The van der Waals surface area contributed by atoms with E-state index in [-0.39, 0.29) is 12.8 Å². The highest BCUT2D eigenvalue weighted by atomic mass is 19.4. The van der Waals surface area contributed by atoms with Crippen LogP contribution in [0, 0.1) is 12.8 Å². The number of benzene rings is 1. The van der Waals surface area contributed by atoms with Gasteiger partial charge in [0.1, 0.15) is 5.54 Å². The number of aryl methyl sites for hydroxylation is 1. The van der Waals surface area contributed by atoms with Crippen LogP contribution in [0.5, 0.6) is 0 Å². The molecule has 1 aromatic carbocycles. The van der Waals surface area contributed by atoms with Crippen molar-refractivity contribution >= 4 is 11.6 Å². The number of rotatable bonds is 3. The molecule has 0 aromatic heterocycles. The van der Waals surface area contributed by atoms with Gasteiger partial charge in [-0.3, -0.25) is 4.79 Å². The standard InChI is InChI=1S/C15H19F3N2O/c1-10-5-2-3-7-12(10)20-14(13(19)21)8-4-6-11(9-14)15(16,17)18/h2-3,5,7,11,20H,4,6,8-9H2,1H3,(H2,19,21). The summed E-state index contributed by atoms with van der Waals surface area (Å²) in [5.74, 6) is -2.21. The van der Waals surface area contributed by atoms with Crippen LogP contribution >= 0.6 is 0 Å². The zero-order valence-corrected chi connectivity index (χ0v) is 11.8. The summed E-state index contributed by atoms with van der Waals surface area (Å²) >= 11 is 0. The van der Waals surface area contributed by atoms with Gasteiger partial charge in [0.05, 0.1) is 5.92 Å². The molecule has 1 amide bonds. The first kappa shape index (κ1) is 15.7. The van der Waals surface area contributed by atoms with E-state index in [1.165, 1.54) is 0 Å². The lowest BCUT2D eigenvalue weighted by molar-refractivity contribution is -0.186. The monoisotopic (exact) mass is 300 g/mol. The first-order chi connectivity index (χ1) is 9.74. The van der Waals surface area contributed by atoms with Crippen LogP contribution in [-0.2, 0) is 4.79 Å². The van der Waals surface area contributed by atoms with Crippen molar-refractivity contribution in [3.05, 3.63) is 29.8 Å². The molecule has 2 unspecified atom stereocenters. The molecule has 1 aliphatic rings. The van der Waals surface area contributed by atoms with Crippen molar-refractivity contribution in [3.63, 3.8) is 0 Å². The van der Waals surface area contributed by atoms with Gasteiger partial charge in [-0.25, -0.2) is 0 Å². The number of amides is 1. The lowest BCUT2D eigenvalue weighted by atomic mass is 9.74. The van der Waals surface area contributed by atoms with Crippen molar-refractivity contribution in [1.82, 2.24) is 0 Å². The number of para-hydroxylation sites is 1. The first-order valence-corrected chi connectivity index (χ1v) is 6.95. The van der Waals surface area contributed by atoms with Gasteiger partial charge < -0.3 is 11.1 Å². The van der Waals surface area contributed by atoms with Gasteiger partial charge in [-0.1, -0.05) is 18.2 Å². The smallest absolute Gasteiger partial charge is 0.371 e. The number of nitrogens with two attached hydrogens (primary N) is 1. The summed E-state index contributed by atoms with van der Waals surface area (Å²) in [5.41, 5.74) is 5.63. The van der Waals surface area contributed by atoms with Crippen molar-refractivity contribution in [2.45, 2.75) is 44.3 Å². The fourth-order valence-electron chi connectivity index (χ4n) is 2.92. The lowest BCUT2D eigenvalue weighted by Crippen LogP contribution is -2.55. The van der Waals surface area contributed by atoms with Crippen LogP contribution in [0.4, 0.5) is 18.9 Å². The summed E-state index contributed by atoms with van der Waals surface area (Å²) in [5, 5.41) is 2.99. The fourth-order valence-corrected chi connectivity index (χ4v) is 2.92. The van der Waals surface area contributed by atoms with E-state index >= 15 is 0 Å². The number of halogens is 3. The molecular weight excluding hydrogens is 281 g/mol. The second kappa shape index (κ2) is 5.58. The molecule has 6 heteroatoms. The molecule has 1 saturated carbocycles. The SMILES string of the molecule is Cc1ccccc1NC1(C(N)=O)CCCC(C(F)(F)F)C1. The van der Waals surface area contributed by atoms with Crippen molar-refractivity contribution in [2.24, 2.45) is 11.7 Å². The number of primary amides is 1. The lowest BCUT2D eigenvalue weighted by Gasteiger charge is -2.40. The highest BCUT2D eigenvalue weighted by Gasteiger charge is 2.50. The molecule has 1 fully saturated rings. The van der Waals surface area contributed by atoms with E-state index < -0.39 is 23.5 Å². The Balaban J connectivity index is 2.29. The Kier molecular flexibility index (Phi) is 4.16.